The zero-order valence-corrected chi connectivity index (χ0v) is 15.0. The lowest BCUT2D eigenvalue weighted by molar-refractivity contribution is -0.143. The molecule has 0 saturated carbocycles. The summed E-state index contributed by atoms with van der Waals surface area (Å²) in [5.41, 5.74) is 6.77. The number of aryl methyl sites for hydroxylation is 1. The van der Waals surface area contributed by atoms with Crippen LogP contribution in [0.15, 0.2) is 48.5 Å². The number of hydrogen-bond acceptors (Lipinski definition) is 3. The number of ether oxygens (including phenoxy) is 1. The molecule has 0 saturated heterocycles. The fraction of sp³-hybridized carbons (Fsp3) is 0.316. The van der Waals surface area contributed by atoms with Gasteiger partial charge in [-0.3, -0.25) is 4.79 Å². The van der Waals surface area contributed by atoms with Gasteiger partial charge >= 0.3 is 5.97 Å². The Labute approximate surface area is 152 Å². The van der Waals surface area contributed by atoms with E-state index >= 15 is 0 Å². The molecule has 0 aromatic heterocycles. The molecule has 0 unspecified atom stereocenters. The average Bonchev–Trinajstić information content (AvgIpc) is 2.55. The quantitative estimate of drug-likeness (QED) is 0.762. The maximum atomic E-state index is 14.8. The molecule has 25 heavy (non-hydrogen) atoms. The van der Waals surface area contributed by atoms with Gasteiger partial charge in [0.05, 0.1) is 13.0 Å². The van der Waals surface area contributed by atoms with E-state index in [1.165, 1.54) is 24.3 Å². The molecule has 136 valence electrons. The van der Waals surface area contributed by atoms with E-state index in [0.29, 0.717) is 11.1 Å². The summed E-state index contributed by atoms with van der Waals surface area (Å²) >= 11 is 0. The maximum absolute atomic E-state index is 14.8. The molecule has 0 heterocycles. The molecule has 0 radical (unpaired) electrons. The first-order valence-electron chi connectivity index (χ1n) is 7.81. The highest BCUT2D eigenvalue weighted by Crippen LogP contribution is 2.38. The second-order valence-corrected chi connectivity index (χ2v) is 5.63. The molecule has 6 heteroatoms. The minimum absolute atomic E-state index is 0. The van der Waals surface area contributed by atoms with Crippen LogP contribution in [-0.4, -0.2) is 12.6 Å². The summed E-state index contributed by atoms with van der Waals surface area (Å²) in [6, 6.07) is 11.6. The molecule has 1 atom stereocenters. The molecule has 3 nitrogen and oxygen atoms in total. The number of alkyl halides is 2. The Kier molecular flexibility index (Phi) is 7.52. The van der Waals surface area contributed by atoms with Crippen molar-refractivity contribution in [3.8, 4) is 0 Å². The third-order valence-corrected chi connectivity index (χ3v) is 3.85. The molecule has 2 rings (SSSR count). The normalized spacial score (nSPS) is 12.2. The van der Waals surface area contributed by atoms with Crippen LogP contribution in [0.2, 0.25) is 0 Å². The lowest BCUT2D eigenvalue weighted by Crippen LogP contribution is -2.20. The molecule has 2 aromatic carbocycles. The largest absolute Gasteiger partial charge is 0.466 e. The number of benzene rings is 2. The van der Waals surface area contributed by atoms with Gasteiger partial charge < -0.3 is 10.5 Å². The molecule has 0 fully saturated rings. The Bertz CT molecular complexity index is 722. The monoisotopic (exact) mass is 369 g/mol. The highest BCUT2D eigenvalue weighted by molar-refractivity contribution is 5.85. The van der Waals surface area contributed by atoms with Gasteiger partial charge in [-0.15, -0.1) is 12.4 Å². The van der Waals surface area contributed by atoms with E-state index in [9.17, 15) is 13.6 Å². The van der Waals surface area contributed by atoms with Gasteiger partial charge in [0.25, 0.3) is 5.92 Å². The maximum Gasteiger partial charge on any atom is 0.307 e. The minimum atomic E-state index is -3.13. The minimum Gasteiger partial charge on any atom is -0.466 e. The van der Waals surface area contributed by atoms with Gasteiger partial charge in [0, 0.05) is 17.2 Å². The van der Waals surface area contributed by atoms with Crippen LogP contribution in [0.1, 0.15) is 41.6 Å². The van der Waals surface area contributed by atoms with Gasteiger partial charge in [-0.1, -0.05) is 42.5 Å². The van der Waals surface area contributed by atoms with Crippen LogP contribution in [0.25, 0.3) is 0 Å². The second-order valence-electron chi connectivity index (χ2n) is 5.63. The van der Waals surface area contributed by atoms with E-state index in [-0.39, 0.29) is 36.6 Å². The number of carbonyl (C=O) groups is 1. The summed E-state index contributed by atoms with van der Waals surface area (Å²) < 4.78 is 34.5. The molecule has 0 aliphatic heterocycles. The number of carbonyl (C=O) groups excluding carboxylic acids is 1. The highest BCUT2D eigenvalue weighted by Gasteiger charge is 2.35. The molecule has 2 N–H and O–H groups in total. The molecular formula is C19H22ClF2NO2. The average molecular weight is 370 g/mol. The van der Waals surface area contributed by atoms with Crippen LogP contribution in [0.4, 0.5) is 8.78 Å². The van der Waals surface area contributed by atoms with Gasteiger partial charge in [-0.25, -0.2) is 0 Å². The highest BCUT2D eigenvalue weighted by atomic mass is 35.5. The van der Waals surface area contributed by atoms with Crippen LogP contribution in [0.5, 0.6) is 0 Å². The van der Waals surface area contributed by atoms with Crippen molar-refractivity contribution in [1.82, 2.24) is 0 Å². The lowest BCUT2D eigenvalue weighted by Gasteiger charge is -2.21. The van der Waals surface area contributed by atoms with Crippen LogP contribution in [0.3, 0.4) is 0 Å². The summed E-state index contributed by atoms with van der Waals surface area (Å²) in [5, 5.41) is 0. The molecule has 2 aromatic rings. The number of rotatable bonds is 6. The summed E-state index contributed by atoms with van der Waals surface area (Å²) in [7, 11) is 0. The fourth-order valence-corrected chi connectivity index (χ4v) is 2.56. The topological polar surface area (TPSA) is 52.3 Å². The van der Waals surface area contributed by atoms with Crippen LogP contribution in [-0.2, 0) is 15.5 Å². The molecule has 0 bridgehead atoms. The van der Waals surface area contributed by atoms with Crippen molar-refractivity contribution in [2.75, 3.05) is 6.61 Å². The Morgan fingerprint density at radius 1 is 1.20 bits per heavy atom. The van der Waals surface area contributed by atoms with Crippen molar-refractivity contribution in [3.63, 3.8) is 0 Å². The van der Waals surface area contributed by atoms with E-state index in [0.717, 1.165) is 0 Å². The summed E-state index contributed by atoms with van der Waals surface area (Å²) in [5.74, 6) is -3.58. The van der Waals surface area contributed by atoms with E-state index in [1.807, 2.05) is 0 Å². The van der Waals surface area contributed by atoms with Crippen LogP contribution < -0.4 is 5.73 Å². The van der Waals surface area contributed by atoms with E-state index in [1.54, 1.807) is 38.1 Å². The molecule has 0 spiro atoms. The van der Waals surface area contributed by atoms with Gasteiger partial charge in [0.1, 0.15) is 0 Å². The lowest BCUT2D eigenvalue weighted by atomic mass is 9.93. The summed E-state index contributed by atoms with van der Waals surface area (Å²) in [4.78, 5) is 11.5. The number of halogens is 3. The fourth-order valence-electron chi connectivity index (χ4n) is 2.56. The predicted octanol–water partition coefficient (Wildman–Crippen LogP) is 4.51. The molecular weight excluding hydrogens is 348 g/mol. The third kappa shape index (κ3) is 5.00. The Morgan fingerprint density at radius 2 is 1.88 bits per heavy atom. The van der Waals surface area contributed by atoms with Crippen molar-refractivity contribution in [2.24, 2.45) is 5.73 Å². The van der Waals surface area contributed by atoms with Crippen molar-refractivity contribution in [1.29, 1.82) is 0 Å². The zero-order chi connectivity index (χ0) is 17.7. The number of nitrogens with two attached hydrogens (primary N) is 1. The Balaban J connectivity index is 0.00000312. The van der Waals surface area contributed by atoms with Crippen molar-refractivity contribution < 1.29 is 18.3 Å². The number of esters is 1. The zero-order valence-electron chi connectivity index (χ0n) is 14.2. The van der Waals surface area contributed by atoms with Crippen molar-refractivity contribution >= 4 is 18.4 Å². The van der Waals surface area contributed by atoms with Gasteiger partial charge in [-0.05, 0) is 31.0 Å². The first-order valence-corrected chi connectivity index (χ1v) is 7.81. The summed E-state index contributed by atoms with van der Waals surface area (Å²) in [6.45, 7) is 3.61. The SMILES string of the molecule is CCOC(=O)C[C@H](N)c1cccc(C(F)(F)c2ccccc2C)c1.Cl. The molecule has 0 amide bonds. The van der Waals surface area contributed by atoms with Gasteiger partial charge in [0.15, 0.2) is 0 Å². The van der Waals surface area contributed by atoms with Crippen LogP contribution in [0, 0.1) is 6.92 Å². The molecule has 0 aliphatic rings. The van der Waals surface area contributed by atoms with Gasteiger partial charge in [0.2, 0.25) is 0 Å². The number of hydrogen-bond donors (Lipinski definition) is 1. The first-order chi connectivity index (χ1) is 11.4. The van der Waals surface area contributed by atoms with E-state index in [4.69, 9.17) is 10.5 Å². The van der Waals surface area contributed by atoms with Crippen molar-refractivity contribution in [2.45, 2.75) is 32.2 Å². The smallest absolute Gasteiger partial charge is 0.307 e. The van der Waals surface area contributed by atoms with E-state index < -0.39 is 17.9 Å². The first kappa shape index (κ1) is 21.1. The predicted molar refractivity (Wildman–Crippen MR) is 96.0 cm³/mol. The van der Waals surface area contributed by atoms with Crippen LogP contribution >= 0.6 is 12.4 Å². The summed E-state index contributed by atoms with van der Waals surface area (Å²) in [6.07, 6.45) is -0.0484. The standard InChI is InChI=1S/C19H21F2NO2.ClH/c1-3-24-18(23)12-17(22)14-8-6-9-15(11-14)19(20,21)16-10-5-4-7-13(16)2;/h4-11,17H,3,12,22H2,1-2H3;1H/t17-;/m0./s1. The Hall–Kier alpha value is -1.98. The van der Waals surface area contributed by atoms with Crippen molar-refractivity contribution in [3.05, 3.63) is 70.8 Å². The third-order valence-electron chi connectivity index (χ3n) is 3.85. The molecule has 0 aliphatic carbocycles. The van der Waals surface area contributed by atoms with Gasteiger partial charge in [-0.2, -0.15) is 8.78 Å². The van der Waals surface area contributed by atoms with E-state index in [2.05, 4.69) is 0 Å². The Morgan fingerprint density at radius 3 is 2.52 bits per heavy atom. The second kappa shape index (κ2) is 8.92.